The zero-order chi connectivity index (χ0) is 14.5. The first-order valence-electron chi connectivity index (χ1n) is 6.39. The lowest BCUT2D eigenvalue weighted by Crippen LogP contribution is -2.36. The highest BCUT2D eigenvalue weighted by molar-refractivity contribution is 7.98. The van der Waals surface area contributed by atoms with E-state index in [9.17, 15) is 9.90 Å². The Bertz CT molecular complexity index is 616. The van der Waals surface area contributed by atoms with Crippen LogP contribution in [0.4, 0.5) is 5.69 Å². The molecule has 1 amide bonds. The molecule has 0 unspecified atom stereocenters. The highest BCUT2D eigenvalue weighted by atomic mass is 32.2. The first-order valence-corrected chi connectivity index (χ1v) is 7.79. The Hall–Kier alpha value is -1.72. The molecule has 0 aliphatic heterocycles. The van der Waals surface area contributed by atoms with Crippen molar-refractivity contribution in [3.8, 4) is 5.75 Å². The number of hydrogen-bond donors (Lipinski definition) is 3. The van der Waals surface area contributed by atoms with Gasteiger partial charge in [0.1, 0.15) is 5.75 Å². The van der Waals surface area contributed by atoms with Crippen LogP contribution in [0.3, 0.4) is 0 Å². The Labute approximate surface area is 122 Å². The molecule has 20 heavy (non-hydrogen) atoms. The van der Waals surface area contributed by atoms with E-state index in [4.69, 9.17) is 5.73 Å². The third kappa shape index (κ3) is 3.23. The third-order valence-corrected chi connectivity index (χ3v) is 3.77. The molecule has 0 bridgehead atoms. The summed E-state index contributed by atoms with van der Waals surface area (Å²) in [5.74, 6) is 0.852. The van der Waals surface area contributed by atoms with Crippen molar-refractivity contribution < 1.29 is 9.90 Å². The van der Waals surface area contributed by atoms with Crippen molar-refractivity contribution in [1.82, 2.24) is 0 Å². The average molecular weight is 290 g/mol. The monoisotopic (exact) mass is 290 g/mol. The second kappa shape index (κ2) is 6.63. The van der Waals surface area contributed by atoms with E-state index in [1.165, 1.54) is 0 Å². The number of nitrogens with two attached hydrogens (primary N) is 1. The number of phenols is 1. The van der Waals surface area contributed by atoms with E-state index in [-0.39, 0.29) is 11.7 Å². The van der Waals surface area contributed by atoms with Crippen LogP contribution in [0, 0.1) is 0 Å². The zero-order valence-electron chi connectivity index (χ0n) is 11.3. The van der Waals surface area contributed by atoms with E-state index in [0.29, 0.717) is 17.5 Å². The molecule has 0 radical (unpaired) electrons. The molecule has 4 N–H and O–H groups in total. The molecule has 5 heteroatoms. The quantitative estimate of drug-likeness (QED) is 0.791. The van der Waals surface area contributed by atoms with Crippen LogP contribution >= 0.6 is 11.8 Å². The summed E-state index contributed by atoms with van der Waals surface area (Å²) in [6.07, 6.45) is 2.63. The number of thioether (sulfide) groups is 1. The Morgan fingerprint density at radius 2 is 2.00 bits per heavy atom. The molecule has 0 saturated carbocycles. The molecule has 2 aromatic rings. The molecule has 0 fully saturated rings. The van der Waals surface area contributed by atoms with Crippen molar-refractivity contribution in [2.75, 3.05) is 17.3 Å². The Kier molecular flexibility index (Phi) is 4.87. The standard InChI is InChI=1S/C15H18N2O2S/c1-20-9-8-12(16)15(19)17-13-6-2-5-11-10(13)4-3-7-14(11)18/h2-7,12,18H,8-9,16H2,1H3,(H,17,19)/t12-/m1/s1. The Morgan fingerprint density at radius 3 is 2.75 bits per heavy atom. The van der Waals surface area contributed by atoms with Gasteiger partial charge < -0.3 is 16.2 Å². The maximum absolute atomic E-state index is 12.0. The molecular formula is C15H18N2O2S. The minimum atomic E-state index is -0.519. The summed E-state index contributed by atoms with van der Waals surface area (Å²) in [5, 5.41) is 14.2. The number of amides is 1. The van der Waals surface area contributed by atoms with Crippen LogP contribution in [-0.2, 0) is 4.79 Å². The number of phenolic OH excluding ortho intramolecular Hbond substituents is 1. The predicted octanol–water partition coefficient (Wildman–Crippen LogP) is 2.56. The number of hydrogen-bond acceptors (Lipinski definition) is 4. The van der Waals surface area contributed by atoms with Gasteiger partial charge in [0.15, 0.2) is 0 Å². The van der Waals surface area contributed by atoms with Crippen LogP contribution in [-0.4, -0.2) is 29.1 Å². The van der Waals surface area contributed by atoms with Crippen LogP contribution in [0.2, 0.25) is 0 Å². The van der Waals surface area contributed by atoms with Crippen molar-refractivity contribution in [2.45, 2.75) is 12.5 Å². The maximum atomic E-state index is 12.0. The first kappa shape index (κ1) is 14.7. The minimum absolute atomic E-state index is 0.199. The summed E-state index contributed by atoms with van der Waals surface area (Å²) in [7, 11) is 0. The average Bonchev–Trinajstić information content (AvgIpc) is 2.45. The molecular weight excluding hydrogens is 272 g/mol. The van der Waals surface area contributed by atoms with Crippen LogP contribution in [0.25, 0.3) is 10.8 Å². The molecule has 2 rings (SSSR count). The molecule has 0 aromatic heterocycles. The van der Waals surface area contributed by atoms with Crippen LogP contribution in [0.15, 0.2) is 36.4 Å². The number of carbonyl (C=O) groups excluding carboxylic acids is 1. The van der Waals surface area contributed by atoms with Crippen molar-refractivity contribution in [3.63, 3.8) is 0 Å². The number of rotatable bonds is 5. The first-order chi connectivity index (χ1) is 9.63. The summed E-state index contributed by atoms with van der Waals surface area (Å²) in [6, 6.07) is 10.1. The van der Waals surface area contributed by atoms with Gasteiger partial charge in [0.2, 0.25) is 5.91 Å². The summed E-state index contributed by atoms with van der Waals surface area (Å²) < 4.78 is 0. The van der Waals surface area contributed by atoms with Crippen LogP contribution < -0.4 is 11.1 Å². The van der Waals surface area contributed by atoms with Crippen LogP contribution in [0.5, 0.6) is 5.75 Å². The Balaban J connectivity index is 2.22. The number of fused-ring (bicyclic) bond motifs is 1. The molecule has 4 nitrogen and oxygen atoms in total. The fourth-order valence-corrected chi connectivity index (χ4v) is 2.49. The summed E-state index contributed by atoms with van der Waals surface area (Å²) in [6.45, 7) is 0. The van der Waals surface area contributed by atoms with Gasteiger partial charge in [-0.15, -0.1) is 0 Å². The minimum Gasteiger partial charge on any atom is -0.507 e. The van der Waals surface area contributed by atoms with Gasteiger partial charge >= 0.3 is 0 Å². The van der Waals surface area contributed by atoms with Crippen molar-refractivity contribution in [2.24, 2.45) is 5.73 Å². The topological polar surface area (TPSA) is 75.4 Å². The largest absolute Gasteiger partial charge is 0.507 e. The molecule has 0 aliphatic carbocycles. The number of nitrogens with one attached hydrogen (secondary N) is 1. The number of benzene rings is 2. The van der Waals surface area contributed by atoms with E-state index in [2.05, 4.69) is 5.32 Å². The van der Waals surface area contributed by atoms with Crippen molar-refractivity contribution in [1.29, 1.82) is 0 Å². The maximum Gasteiger partial charge on any atom is 0.241 e. The summed E-state index contributed by atoms with van der Waals surface area (Å²) in [4.78, 5) is 12.0. The molecule has 1 atom stereocenters. The van der Waals surface area contributed by atoms with Gasteiger partial charge in [-0.1, -0.05) is 24.3 Å². The SMILES string of the molecule is CSCC[C@@H](N)C(=O)Nc1cccc2c(O)cccc12. The van der Waals surface area contributed by atoms with E-state index < -0.39 is 6.04 Å². The van der Waals surface area contributed by atoms with Crippen molar-refractivity contribution in [3.05, 3.63) is 36.4 Å². The van der Waals surface area contributed by atoms with Gasteiger partial charge in [-0.2, -0.15) is 11.8 Å². The van der Waals surface area contributed by atoms with Gasteiger partial charge in [0, 0.05) is 16.5 Å². The molecule has 106 valence electrons. The molecule has 0 aliphatic rings. The fourth-order valence-electron chi connectivity index (χ4n) is 2.00. The third-order valence-electron chi connectivity index (χ3n) is 3.13. The fraction of sp³-hybridized carbons (Fsp3) is 0.267. The van der Waals surface area contributed by atoms with E-state index in [0.717, 1.165) is 11.1 Å². The van der Waals surface area contributed by atoms with E-state index in [1.807, 2.05) is 18.4 Å². The van der Waals surface area contributed by atoms with E-state index in [1.54, 1.807) is 36.0 Å². The second-order valence-electron chi connectivity index (χ2n) is 4.56. The number of anilines is 1. The lowest BCUT2D eigenvalue weighted by atomic mass is 10.1. The molecule has 0 saturated heterocycles. The van der Waals surface area contributed by atoms with Crippen LogP contribution in [0.1, 0.15) is 6.42 Å². The summed E-state index contributed by atoms with van der Waals surface area (Å²) >= 11 is 1.67. The highest BCUT2D eigenvalue weighted by Crippen LogP contribution is 2.29. The van der Waals surface area contributed by atoms with Gasteiger partial charge in [0.25, 0.3) is 0 Å². The normalized spacial score (nSPS) is 12.3. The van der Waals surface area contributed by atoms with Gasteiger partial charge in [-0.05, 0) is 30.6 Å². The molecule has 0 spiro atoms. The highest BCUT2D eigenvalue weighted by Gasteiger charge is 2.14. The second-order valence-corrected chi connectivity index (χ2v) is 5.54. The number of aromatic hydroxyl groups is 1. The zero-order valence-corrected chi connectivity index (χ0v) is 12.1. The summed E-state index contributed by atoms with van der Waals surface area (Å²) in [5.41, 5.74) is 6.52. The number of carbonyl (C=O) groups is 1. The van der Waals surface area contributed by atoms with Gasteiger partial charge in [-0.3, -0.25) is 4.79 Å². The smallest absolute Gasteiger partial charge is 0.241 e. The van der Waals surface area contributed by atoms with E-state index >= 15 is 0 Å². The van der Waals surface area contributed by atoms with Gasteiger partial charge in [-0.25, -0.2) is 0 Å². The van der Waals surface area contributed by atoms with Gasteiger partial charge in [0.05, 0.1) is 6.04 Å². The lowest BCUT2D eigenvalue weighted by molar-refractivity contribution is -0.117. The lowest BCUT2D eigenvalue weighted by Gasteiger charge is -2.13. The Morgan fingerprint density at radius 1 is 1.30 bits per heavy atom. The predicted molar refractivity (Wildman–Crippen MR) is 85.2 cm³/mol. The molecule has 2 aromatic carbocycles. The molecule has 0 heterocycles. The van der Waals surface area contributed by atoms with Crippen molar-refractivity contribution >= 4 is 34.1 Å².